The Morgan fingerprint density at radius 3 is 2.92 bits per heavy atom. The van der Waals surface area contributed by atoms with Crippen molar-refractivity contribution in [3.8, 4) is 0 Å². The van der Waals surface area contributed by atoms with Crippen LogP contribution in [0.1, 0.15) is 12.7 Å². The number of ether oxygens (including phenoxy) is 1. The van der Waals surface area contributed by atoms with Crippen LogP contribution in [0.3, 0.4) is 0 Å². The molecule has 1 atom stereocenters. The van der Waals surface area contributed by atoms with Crippen LogP contribution in [-0.2, 0) is 11.3 Å². The summed E-state index contributed by atoms with van der Waals surface area (Å²) in [7, 11) is 1.70. The fraction of sp³-hybridized carbons (Fsp3) is 0.556. The van der Waals surface area contributed by atoms with Crippen LogP contribution in [0.2, 0.25) is 0 Å². The molecule has 1 rings (SSSR count). The van der Waals surface area contributed by atoms with Crippen molar-refractivity contribution in [2.75, 3.05) is 13.7 Å². The highest BCUT2D eigenvalue weighted by Gasteiger charge is 2.02. The summed E-state index contributed by atoms with van der Waals surface area (Å²) in [5, 5.41) is 3.27. The Kier molecular flexibility index (Phi) is 4.48. The molecule has 3 nitrogen and oxygen atoms in total. The highest BCUT2D eigenvalue weighted by Crippen LogP contribution is 2.13. The van der Waals surface area contributed by atoms with E-state index in [0.29, 0.717) is 12.6 Å². The van der Waals surface area contributed by atoms with Gasteiger partial charge in [-0.2, -0.15) is 0 Å². The first-order valence-electron chi connectivity index (χ1n) is 4.19. The second kappa shape index (κ2) is 5.42. The number of nitrogens with one attached hydrogen (secondary N) is 1. The second-order valence-corrected chi connectivity index (χ2v) is 3.72. The number of hydrogen-bond acceptors (Lipinski definition) is 3. The van der Waals surface area contributed by atoms with Gasteiger partial charge in [0.2, 0.25) is 0 Å². The van der Waals surface area contributed by atoms with E-state index >= 15 is 0 Å². The summed E-state index contributed by atoms with van der Waals surface area (Å²) < 4.78 is 11.1. The standard InChI is InChI=1S/C9H14BrNO2/c1-7(6-12-2)11-5-8-3-4-9(10)13-8/h3-4,7,11H,5-6H2,1-2H3. The molecule has 0 aliphatic carbocycles. The molecule has 1 unspecified atom stereocenters. The first kappa shape index (κ1) is 10.8. The average molecular weight is 248 g/mol. The maximum absolute atomic E-state index is 5.33. The lowest BCUT2D eigenvalue weighted by Crippen LogP contribution is -2.29. The van der Waals surface area contributed by atoms with E-state index in [0.717, 1.165) is 17.0 Å². The fourth-order valence-electron chi connectivity index (χ4n) is 1.03. The van der Waals surface area contributed by atoms with Gasteiger partial charge in [-0.3, -0.25) is 0 Å². The monoisotopic (exact) mass is 247 g/mol. The predicted octanol–water partition coefficient (Wildman–Crippen LogP) is 2.17. The van der Waals surface area contributed by atoms with Gasteiger partial charge in [-0.15, -0.1) is 0 Å². The summed E-state index contributed by atoms with van der Waals surface area (Å²) in [6.07, 6.45) is 0. The highest BCUT2D eigenvalue weighted by atomic mass is 79.9. The third-order valence-corrected chi connectivity index (χ3v) is 2.10. The second-order valence-electron chi connectivity index (χ2n) is 2.94. The van der Waals surface area contributed by atoms with Crippen molar-refractivity contribution < 1.29 is 9.15 Å². The molecule has 1 N–H and O–H groups in total. The van der Waals surface area contributed by atoms with Gasteiger partial charge in [0.1, 0.15) is 5.76 Å². The number of halogens is 1. The Balaban J connectivity index is 2.26. The van der Waals surface area contributed by atoms with Gasteiger partial charge >= 0.3 is 0 Å². The van der Waals surface area contributed by atoms with Crippen molar-refractivity contribution in [3.05, 3.63) is 22.6 Å². The van der Waals surface area contributed by atoms with Crippen molar-refractivity contribution >= 4 is 15.9 Å². The molecule has 0 fully saturated rings. The van der Waals surface area contributed by atoms with Crippen LogP contribution >= 0.6 is 15.9 Å². The molecule has 0 saturated carbocycles. The molecule has 0 bridgehead atoms. The van der Waals surface area contributed by atoms with Crippen LogP contribution in [0.4, 0.5) is 0 Å². The Morgan fingerprint density at radius 2 is 2.38 bits per heavy atom. The van der Waals surface area contributed by atoms with Gasteiger partial charge in [0.15, 0.2) is 4.67 Å². The lowest BCUT2D eigenvalue weighted by atomic mass is 10.3. The lowest BCUT2D eigenvalue weighted by molar-refractivity contribution is 0.170. The molecule has 1 aromatic rings. The largest absolute Gasteiger partial charge is 0.453 e. The molecule has 0 aromatic carbocycles. The van der Waals surface area contributed by atoms with Crippen LogP contribution in [-0.4, -0.2) is 19.8 Å². The molecule has 1 aromatic heterocycles. The predicted molar refractivity (Wildman–Crippen MR) is 54.6 cm³/mol. The molecular formula is C9H14BrNO2. The molecule has 4 heteroatoms. The number of rotatable bonds is 5. The van der Waals surface area contributed by atoms with E-state index in [1.807, 2.05) is 12.1 Å². The molecule has 0 amide bonds. The molecule has 1 heterocycles. The number of methoxy groups -OCH3 is 1. The van der Waals surface area contributed by atoms with E-state index in [4.69, 9.17) is 9.15 Å². The SMILES string of the molecule is COCC(C)NCc1ccc(Br)o1. The first-order valence-corrected chi connectivity index (χ1v) is 4.98. The minimum Gasteiger partial charge on any atom is -0.453 e. The Hall–Kier alpha value is -0.320. The lowest BCUT2D eigenvalue weighted by Gasteiger charge is -2.10. The zero-order valence-corrected chi connectivity index (χ0v) is 9.43. The van der Waals surface area contributed by atoms with Crippen molar-refractivity contribution in [1.82, 2.24) is 5.32 Å². The van der Waals surface area contributed by atoms with Crippen molar-refractivity contribution in [2.24, 2.45) is 0 Å². The quantitative estimate of drug-likeness (QED) is 0.867. The number of furan rings is 1. The minimum atomic E-state index is 0.342. The van der Waals surface area contributed by atoms with Crippen LogP contribution < -0.4 is 5.32 Å². The van der Waals surface area contributed by atoms with E-state index in [1.54, 1.807) is 7.11 Å². The summed E-state index contributed by atoms with van der Waals surface area (Å²) in [6, 6.07) is 4.17. The highest BCUT2D eigenvalue weighted by molar-refractivity contribution is 9.10. The van der Waals surface area contributed by atoms with E-state index in [1.165, 1.54) is 0 Å². The minimum absolute atomic E-state index is 0.342. The molecule has 0 aliphatic heterocycles. The van der Waals surface area contributed by atoms with E-state index in [-0.39, 0.29) is 0 Å². The Bertz CT molecular complexity index is 250. The smallest absolute Gasteiger partial charge is 0.169 e. The zero-order valence-electron chi connectivity index (χ0n) is 7.84. The van der Waals surface area contributed by atoms with Gasteiger partial charge in [0.25, 0.3) is 0 Å². The van der Waals surface area contributed by atoms with Crippen molar-refractivity contribution in [2.45, 2.75) is 19.5 Å². The van der Waals surface area contributed by atoms with Gasteiger partial charge < -0.3 is 14.5 Å². The van der Waals surface area contributed by atoms with Crippen molar-refractivity contribution in [1.29, 1.82) is 0 Å². The Morgan fingerprint density at radius 1 is 1.62 bits per heavy atom. The van der Waals surface area contributed by atoms with E-state index in [9.17, 15) is 0 Å². The molecule has 0 saturated heterocycles. The third-order valence-electron chi connectivity index (χ3n) is 1.67. The summed E-state index contributed by atoms with van der Waals surface area (Å²) >= 11 is 3.25. The molecule has 13 heavy (non-hydrogen) atoms. The van der Waals surface area contributed by atoms with E-state index in [2.05, 4.69) is 28.2 Å². The van der Waals surface area contributed by atoms with Crippen LogP contribution in [0.25, 0.3) is 0 Å². The van der Waals surface area contributed by atoms with Crippen LogP contribution in [0.5, 0.6) is 0 Å². The van der Waals surface area contributed by atoms with Crippen molar-refractivity contribution in [3.63, 3.8) is 0 Å². The van der Waals surface area contributed by atoms with Gasteiger partial charge in [0, 0.05) is 13.2 Å². The van der Waals surface area contributed by atoms with Gasteiger partial charge in [-0.25, -0.2) is 0 Å². The maximum Gasteiger partial charge on any atom is 0.169 e. The van der Waals surface area contributed by atoms with Gasteiger partial charge in [0.05, 0.1) is 13.2 Å². The topological polar surface area (TPSA) is 34.4 Å². The molecule has 0 spiro atoms. The van der Waals surface area contributed by atoms with Crippen LogP contribution in [0.15, 0.2) is 21.2 Å². The van der Waals surface area contributed by atoms with Gasteiger partial charge in [-0.05, 0) is 35.0 Å². The number of hydrogen-bond donors (Lipinski definition) is 1. The third kappa shape index (κ3) is 3.93. The summed E-state index contributed by atoms with van der Waals surface area (Å²) in [5.74, 6) is 0.926. The zero-order chi connectivity index (χ0) is 9.68. The summed E-state index contributed by atoms with van der Waals surface area (Å²) in [6.45, 7) is 3.51. The normalized spacial score (nSPS) is 13.2. The van der Waals surface area contributed by atoms with E-state index < -0.39 is 0 Å². The summed E-state index contributed by atoms with van der Waals surface area (Å²) in [5.41, 5.74) is 0. The van der Waals surface area contributed by atoms with Gasteiger partial charge in [-0.1, -0.05) is 0 Å². The van der Waals surface area contributed by atoms with Crippen LogP contribution in [0, 0.1) is 0 Å². The maximum atomic E-state index is 5.33. The fourth-order valence-corrected chi connectivity index (χ4v) is 1.37. The average Bonchev–Trinajstić information content (AvgIpc) is 2.49. The Labute approximate surface area is 86.6 Å². The first-order chi connectivity index (χ1) is 6.22. The molecule has 0 radical (unpaired) electrons. The molecular weight excluding hydrogens is 234 g/mol. The molecule has 74 valence electrons. The summed E-state index contributed by atoms with van der Waals surface area (Å²) in [4.78, 5) is 0. The molecule has 0 aliphatic rings.